The molecule has 0 saturated carbocycles. The molecule has 0 amide bonds. The maximum absolute atomic E-state index is 12.3. The zero-order chi connectivity index (χ0) is 15.6. The second-order valence-corrected chi connectivity index (χ2v) is 4.54. The molecule has 0 radical (unpaired) electrons. The van der Waals surface area contributed by atoms with Gasteiger partial charge in [0.15, 0.2) is 0 Å². The van der Waals surface area contributed by atoms with E-state index in [1.54, 1.807) is 19.1 Å². The van der Waals surface area contributed by atoms with Gasteiger partial charge in [0.2, 0.25) is 0 Å². The van der Waals surface area contributed by atoms with E-state index >= 15 is 0 Å². The van der Waals surface area contributed by atoms with Crippen molar-refractivity contribution in [1.29, 1.82) is 0 Å². The molecular formula is C14H13F3N2O2. The van der Waals surface area contributed by atoms with Crippen LogP contribution in [0, 0.1) is 6.92 Å². The number of aryl methyl sites for hydroxylation is 1. The number of pyridine rings is 1. The zero-order valence-electron chi connectivity index (χ0n) is 11.4. The molecule has 0 N–H and O–H groups in total. The quantitative estimate of drug-likeness (QED) is 0.815. The van der Waals surface area contributed by atoms with Gasteiger partial charge in [0, 0.05) is 35.8 Å². The van der Waals surface area contributed by atoms with E-state index in [4.69, 9.17) is 4.74 Å². The maximum atomic E-state index is 12.3. The summed E-state index contributed by atoms with van der Waals surface area (Å²) in [6, 6.07) is 4.58. The molecule has 2 heterocycles. The predicted molar refractivity (Wildman–Crippen MR) is 69.4 cm³/mol. The van der Waals surface area contributed by atoms with Crippen LogP contribution in [0.3, 0.4) is 0 Å². The van der Waals surface area contributed by atoms with Gasteiger partial charge in [-0.15, -0.1) is 0 Å². The Bertz CT molecular complexity index is 662. The van der Waals surface area contributed by atoms with Gasteiger partial charge in [0.1, 0.15) is 5.75 Å². The fraction of sp³-hybridized carbons (Fsp3) is 0.286. The van der Waals surface area contributed by atoms with Gasteiger partial charge in [0.25, 0.3) is 5.78 Å². The Morgan fingerprint density at radius 3 is 2.71 bits per heavy atom. The van der Waals surface area contributed by atoms with Gasteiger partial charge in [0.05, 0.1) is 19.3 Å². The van der Waals surface area contributed by atoms with E-state index in [2.05, 4.69) is 4.98 Å². The van der Waals surface area contributed by atoms with Crippen molar-refractivity contribution in [2.24, 2.45) is 0 Å². The van der Waals surface area contributed by atoms with Gasteiger partial charge in [-0.3, -0.25) is 9.78 Å². The summed E-state index contributed by atoms with van der Waals surface area (Å²) in [6.45, 7) is 2.05. The number of halogens is 3. The van der Waals surface area contributed by atoms with Gasteiger partial charge in [-0.25, -0.2) is 0 Å². The lowest BCUT2D eigenvalue weighted by Crippen LogP contribution is -2.22. The molecule has 112 valence electrons. The van der Waals surface area contributed by atoms with Crippen LogP contribution in [0.15, 0.2) is 30.6 Å². The number of hydrogen-bond donors (Lipinski definition) is 0. The van der Waals surface area contributed by atoms with Crippen molar-refractivity contribution in [2.45, 2.75) is 19.6 Å². The van der Waals surface area contributed by atoms with Crippen LogP contribution in [-0.2, 0) is 6.54 Å². The molecule has 2 rings (SSSR count). The summed E-state index contributed by atoms with van der Waals surface area (Å²) < 4.78 is 43.6. The Kier molecular flexibility index (Phi) is 4.02. The van der Waals surface area contributed by atoms with Crippen LogP contribution in [0.1, 0.15) is 21.7 Å². The van der Waals surface area contributed by atoms with Crippen LogP contribution < -0.4 is 4.74 Å². The smallest absolute Gasteiger partial charge is 0.454 e. The van der Waals surface area contributed by atoms with E-state index in [0.29, 0.717) is 11.4 Å². The summed E-state index contributed by atoms with van der Waals surface area (Å²) in [5.74, 6) is -1.23. The molecule has 0 unspecified atom stereocenters. The molecule has 0 atom stereocenters. The molecule has 0 aliphatic rings. The van der Waals surface area contributed by atoms with E-state index < -0.39 is 12.0 Å². The largest absolute Gasteiger partial charge is 0.497 e. The van der Waals surface area contributed by atoms with Crippen LogP contribution in [0.4, 0.5) is 13.2 Å². The number of alkyl halides is 3. The normalized spacial score (nSPS) is 11.5. The first-order chi connectivity index (χ1) is 9.79. The van der Waals surface area contributed by atoms with Crippen LogP contribution in [0.25, 0.3) is 0 Å². The molecule has 2 aromatic heterocycles. The minimum atomic E-state index is -4.86. The first kappa shape index (κ1) is 15.1. The van der Waals surface area contributed by atoms with Crippen LogP contribution in [-0.4, -0.2) is 28.6 Å². The lowest BCUT2D eigenvalue weighted by atomic mass is 10.2. The summed E-state index contributed by atoms with van der Waals surface area (Å²) in [4.78, 5) is 15.4. The zero-order valence-corrected chi connectivity index (χ0v) is 11.4. The summed E-state index contributed by atoms with van der Waals surface area (Å²) in [5.41, 5.74) is 0.985. The summed E-state index contributed by atoms with van der Waals surface area (Å²) in [7, 11) is 1.52. The predicted octanol–water partition coefficient (Wildman–Crippen LogP) is 2.99. The lowest BCUT2D eigenvalue weighted by Gasteiger charge is -2.07. The number of rotatable bonds is 4. The molecule has 0 bridgehead atoms. The van der Waals surface area contributed by atoms with E-state index in [1.807, 2.05) is 0 Å². The highest BCUT2D eigenvalue weighted by molar-refractivity contribution is 6.00. The molecule has 0 fully saturated rings. The van der Waals surface area contributed by atoms with E-state index in [9.17, 15) is 18.0 Å². The third-order valence-electron chi connectivity index (χ3n) is 2.83. The van der Waals surface area contributed by atoms with Crippen molar-refractivity contribution in [3.05, 3.63) is 47.5 Å². The molecule has 0 aliphatic carbocycles. The van der Waals surface area contributed by atoms with Crippen molar-refractivity contribution in [2.75, 3.05) is 7.11 Å². The Hall–Kier alpha value is -2.31. The van der Waals surface area contributed by atoms with Crippen LogP contribution in [0.5, 0.6) is 5.75 Å². The Morgan fingerprint density at radius 2 is 2.10 bits per heavy atom. The highest BCUT2D eigenvalue weighted by Crippen LogP contribution is 2.22. The fourth-order valence-electron chi connectivity index (χ4n) is 1.93. The van der Waals surface area contributed by atoms with Gasteiger partial charge in [-0.05, 0) is 13.0 Å². The van der Waals surface area contributed by atoms with Crippen molar-refractivity contribution >= 4 is 5.78 Å². The summed E-state index contributed by atoms with van der Waals surface area (Å²) in [5, 5.41) is 0. The first-order valence-corrected chi connectivity index (χ1v) is 6.08. The Morgan fingerprint density at radius 1 is 1.38 bits per heavy atom. The molecule has 4 nitrogen and oxygen atoms in total. The molecule has 0 aliphatic heterocycles. The number of carbonyl (C=O) groups is 1. The minimum absolute atomic E-state index is 0.253. The number of ether oxygens (including phenoxy) is 1. The third-order valence-corrected chi connectivity index (χ3v) is 2.83. The van der Waals surface area contributed by atoms with E-state index in [-0.39, 0.29) is 12.1 Å². The maximum Gasteiger partial charge on any atom is 0.454 e. The molecule has 0 aromatic carbocycles. The average molecular weight is 298 g/mol. The number of Topliss-reactive ketones (excluding diaryl/α,β-unsaturated/α-hetero) is 1. The number of hydrogen-bond acceptors (Lipinski definition) is 3. The molecule has 0 saturated heterocycles. The Labute approximate surface area is 119 Å². The van der Waals surface area contributed by atoms with Gasteiger partial charge in [-0.1, -0.05) is 0 Å². The number of aromatic nitrogens is 2. The molecule has 21 heavy (non-hydrogen) atoms. The summed E-state index contributed by atoms with van der Waals surface area (Å²) >= 11 is 0. The van der Waals surface area contributed by atoms with Crippen molar-refractivity contribution in [3.8, 4) is 5.75 Å². The van der Waals surface area contributed by atoms with Crippen molar-refractivity contribution < 1.29 is 22.7 Å². The monoisotopic (exact) mass is 298 g/mol. The van der Waals surface area contributed by atoms with Gasteiger partial charge in [-0.2, -0.15) is 13.2 Å². The lowest BCUT2D eigenvalue weighted by molar-refractivity contribution is -0.0885. The number of ketones is 1. The SMILES string of the molecule is COc1cc(C)nc(Cn2ccc(C(=O)C(F)(F)F)c2)c1. The molecule has 0 spiro atoms. The van der Waals surface area contributed by atoms with Crippen molar-refractivity contribution in [1.82, 2.24) is 9.55 Å². The highest BCUT2D eigenvalue weighted by atomic mass is 19.4. The highest BCUT2D eigenvalue weighted by Gasteiger charge is 2.39. The van der Waals surface area contributed by atoms with Gasteiger partial charge >= 0.3 is 6.18 Å². The fourth-order valence-corrected chi connectivity index (χ4v) is 1.93. The molecular weight excluding hydrogens is 285 g/mol. The average Bonchev–Trinajstić information content (AvgIpc) is 2.84. The molecule has 7 heteroatoms. The Balaban J connectivity index is 2.20. The minimum Gasteiger partial charge on any atom is -0.497 e. The van der Waals surface area contributed by atoms with E-state index in [0.717, 1.165) is 18.0 Å². The third kappa shape index (κ3) is 3.62. The standard InChI is InChI=1S/C14H13F3N2O2/c1-9-5-12(21-2)6-11(18-9)8-19-4-3-10(7-19)13(20)14(15,16)17/h3-7H,8H2,1-2H3. The molecule has 2 aromatic rings. The van der Waals surface area contributed by atoms with Crippen LogP contribution in [0.2, 0.25) is 0 Å². The van der Waals surface area contributed by atoms with Gasteiger partial charge < -0.3 is 9.30 Å². The van der Waals surface area contributed by atoms with E-state index in [1.165, 1.54) is 17.9 Å². The number of nitrogens with zero attached hydrogens (tertiary/aromatic N) is 2. The number of carbonyl (C=O) groups excluding carboxylic acids is 1. The second-order valence-electron chi connectivity index (χ2n) is 4.54. The topological polar surface area (TPSA) is 44.1 Å². The second kappa shape index (κ2) is 5.59. The summed E-state index contributed by atoms with van der Waals surface area (Å²) in [6.07, 6.45) is -2.29. The number of methoxy groups -OCH3 is 1. The van der Waals surface area contributed by atoms with Crippen molar-refractivity contribution in [3.63, 3.8) is 0 Å². The van der Waals surface area contributed by atoms with Crippen LogP contribution >= 0.6 is 0 Å². The first-order valence-electron chi connectivity index (χ1n) is 6.08.